The zero-order valence-electron chi connectivity index (χ0n) is 9.25. The Labute approximate surface area is 85.8 Å². The van der Waals surface area contributed by atoms with Crippen LogP contribution in [0.15, 0.2) is 12.2 Å². The van der Waals surface area contributed by atoms with Crippen molar-refractivity contribution in [2.24, 2.45) is 0 Å². The van der Waals surface area contributed by atoms with Crippen LogP contribution in [0.1, 0.15) is 40.0 Å². The van der Waals surface area contributed by atoms with Crippen LogP contribution in [0.25, 0.3) is 0 Å². The molecule has 0 rings (SSSR count). The molecule has 0 spiro atoms. The summed E-state index contributed by atoms with van der Waals surface area (Å²) >= 11 is 0. The van der Waals surface area contributed by atoms with Gasteiger partial charge in [0, 0.05) is 6.08 Å². The Balaban J connectivity index is 3.85. The van der Waals surface area contributed by atoms with Crippen molar-refractivity contribution in [1.29, 1.82) is 0 Å². The number of rotatable bonds is 6. The molecule has 0 aromatic rings. The molecule has 3 nitrogen and oxygen atoms in total. The highest BCUT2D eigenvalue weighted by Crippen LogP contribution is 2.16. The lowest BCUT2D eigenvalue weighted by molar-refractivity contribution is -0.137. The average molecular weight is 200 g/mol. The van der Waals surface area contributed by atoms with Gasteiger partial charge >= 0.3 is 5.97 Å². The molecule has 0 aliphatic carbocycles. The summed E-state index contributed by atoms with van der Waals surface area (Å²) in [6.45, 7) is 5.93. The topological polar surface area (TPSA) is 46.5 Å². The molecule has 0 amide bonds. The van der Waals surface area contributed by atoms with E-state index in [4.69, 9.17) is 4.74 Å². The average Bonchev–Trinajstić information content (AvgIpc) is 2.03. The van der Waals surface area contributed by atoms with Crippen LogP contribution in [-0.2, 0) is 9.53 Å². The number of aliphatic hydroxyl groups is 1. The Kier molecular flexibility index (Phi) is 6.21. The van der Waals surface area contributed by atoms with Gasteiger partial charge in [-0.2, -0.15) is 0 Å². The van der Waals surface area contributed by atoms with Gasteiger partial charge in [-0.1, -0.05) is 19.4 Å². The maximum atomic E-state index is 10.9. The van der Waals surface area contributed by atoms with Crippen molar-refractivity contribution in [3.8, 4) is 0 Å². The van der Waals surface area contributed by atoms with Gasteiger partial charge in [0.1, 0.15) is 0 Å². The lowest BCUT2D eigenvalue weighted by Gasteiger charge is -2.20. The zero-order valence-corrected chi connectivity index (χ0v) is 9.25. The summed E-state index contributed by atoms with van der Waals surface area (Å²) in [6, 6.07) is 0. The van der Waals surface area contributed by atoms with Crippen molar-refractivity contribution >= 4 is 5.97 Å². The van der Waals surface area contributed by atoms with Gasteiger partial charge in [-0.15, -0.1) is 0 Å². The van der Waals surface area contributed by atoms with Crippen LogP contribution >= 0.6 is 0 Å². The quantitative estimate of drug-likeness (QED) is 0.527. The molecule has 82 valence electrons. The van der Waals surface area contributed by atoms with Crippen LogP contribution in [0.5, 0.6) is 0 Å². The Morgan fingerprint density at radius 1 is 1.50 bits per heavy atom. The van der Waals surface area contributed by atoms with Crippen LogP contribution in [0.4, 0.5) is 0 Å². The number of hydrogen-bond donors (Lipinski definition) is 1. The van der Waals surface area contributed by atoms with Crippen LogP contribution in [0, 0.1) is 0 Å². The Bertz CT molecular complexity index is 195. The highest BCUT2D eigenvalue weighted by Gasteiger charge is 2.16. The van der Waals surface area contributed by atoms with Gasteiger partial charge in [-0.3, -0.25) is 0 Å². The van der Waals surface area contributed by atoms with Gasteiger partial charge in [0.05, 0.1) is 12.2 Å². The highest BCUT2D eigenvalue weighted by molar-refractivity contribution is 5.81. The first-order valence-corrected chi connectivity index (χ1v) is 5.07. The lowest BCUT2D eigenvalue weighted by Crippen LogP contribution is -2.22. The number of carbonyl (C=O) groups excluding carboxylic acids is 1. The summed E-state index contributed by atoms with van der Waals surface area (Å²) in [7, 11) is 0. The lowest BCUT2D eigenvalue weighted by atomic mass is 9.96. The second-order valence-electron chi connectivity index (χ2n) is 3.61. The normalized spacial score (nSPS) is 15.4. The first-order chi connectivity index (χ1) is 6.52. The molecular formula is C11H20O3. The fourth-order valence-corrected chi connectivity index (χ4v) is 1.24. The van der Waals surface area contributed by atoms with E-state index in [1.165, 1.54) is 6.08 Å². The summed E-state index contributed by atoms with van der Waals surface area (Å²) in [5.74, 6) is -0.347. The van der Waals surface area contributed by atoms with Crippen molar-refractivity contribution < 1.29 is 14.6 Å². The van der Waals surface area contributed by atoms with Gasteiger partial charge in [0.25, 0.3) is 0 Å². The molecule has 3 heteroatoms. The fourth-order valence-electron chi connectivity index (χ4n) is 1.24. The number of ether oxygens (including phenoxy) is 1. The Hall–Kier alpha value is -0.830. The maximum absolute atomic E-state index is 10.9. The number of hydrogen-bond acceptors (Lipinski definition) is 3. The first kappa shape index (κ1) is 13.2. The third-order valence-electron chi connectivity index (χ3n) is 1.89. The van der Waals surface area contributed by atoms with Gasteiger partial charge < -0.3 is 9.84 Å². The molecule has 0 aliphatic heterocycles. The zero-order chi connectivity index (χ0) is 11.0. The van der Waals surface area contributed by atoms with Gasteiger partial charge in [-0.05, 0) is 26.7 Å². The van der Waals surface area contributed by atoms with Crippen molar-refractivity contribution in [2.75, 3.05) is 6.61 Å². The second kappa shape index (κ2) is 6.60. The summed E-state index contributed by atoms with van der Waals surface area (Å²) in [5.41, 5.74) is -0.711. The van der Waals surface area contributed by atoms with E-state index in [2.05, 4.69) is 0 Å². The molecule has 0 bridgehead atoms. The standard InChI is InChI=1S/C11H20O3/c1-4-8-11(3,13)9-6-7-10(12)14-5-2/h6-7,13H,4-5,8-9H2,1-3H3/b7-6+/t11-/m1/s1. The van der Waals surface area contributed by atoms with Crippen LogP contribution in [-0.4, -0.2) is 23.3 Å². The number of carbonyl (C=O) groups is 1. The molecule has 0 aliphatic rings. The minimum Gasteiger partial charge on any atom is -0.463 e. The fraction of sp³-hybridized carbons (Fsp3) is 0.727. The van der Waals surface area contributed by atoms with Gasteiger partial charge in [-0.25, -0.2) is 4.79 Å². The van der Waals surface area contributed by atoms with E-state index >= 15 is 0 Å². The molecule has 0 fully saturated rings. The molecule has 1 N–H and O–H groups in total. The van der Waals surface area contributed by atoms with E-state index < -0.39 is 5.60 Å². The van der Waals surface area contributed by atoms with E-state index in [0.29, 0.717) is 13.0 Å². The summed E-state index contributed by atoms with van der Waals surface area (Å²) in [5, 5.41) is 9.75. The summed E-state index contributed by atoms with van der Waals surface area (Å²) in [4.78, 5) is 10.9. The first-order valence-electron chi connectivity index (χ1n) is 5.07. The maximum Gasteiger partial charge on any atom is 0.330 e. The predicted molar refractivity (Wildman–Crippen MR) is 55.9 cm³/mol. The molecule has 0 aromatic heterocycles. The van der Waals surface area contributed by atoms with Crippen molar-refractivity contribution in [2.45, 2.75) is 45.6 Å². The Morgan fingerprint density at radius 2 is 2.14 bits per heavy atom. The molecule has 0 saturated carbocycles. The van der Waals surface area contributed by atoms with Crippen LogP contribution in [0.2, 0.25) is 0 Å². The summed E-state index contributed by atoms with van der Waals surface area (Å²) in [6.07, 6.45) is 5.18. The molecule has 0 radical (unpaired) electrons. The highest BCUT2D eigenvalue weighted by atomic mass is 16.5. The van der Waals surface area contributed by atoms with Crippen LogP contribution < -0.4 is 0 Å². The van der Waals surface area contributed by atoms with Gasteiger partial charge in [0.2, 0.25) is 0 Å². The van der Waals surface area contributed by atoms with Crippen LogP contribution in [0.3, 0.4) is 0 Å². The van der Waals surface area contributed by atoms with E-state index in [9.17, 15) is 9.90 Å². The summed E-state index contributed by atoms with van der Waals surface area (Å²) < 4.78 is 4.71. The minimum absolute atomic E-state index is 0.347. The van der Waals surface area contributed by atoms with Gasteiger partial charge in [0.15, 0.2) is 0 Å². The molecule has 0 heterocycles. The van der Waals surface area contributed by atoms with E-state index in [1.54, 1.807) is 19.9 Å². The molecule has 0 saturated heterocycles. The van der Waals surface area contributed by atoms with Crippen molar-refractivity contribution in [3.63, 3.8) is 0 Å². The molecule has 14 heavy (non-hydrogen) atoms. The molecule has 0 unspecified atom stereocenters. The molecule has 0 aromatic carbocycles. The molecule has 1 atom stereocenters. The third kappa shape index (κ3) is 6.66. The van der Waals surface area contributed by atoms with Crippen molar-refractivity contribution in [1.82, 2.24) is 0 Å². The van der Waals surface area contributed by atoms with E-state index in [1.807, 2.05) is 6.92 Å². The molecular weight excluding hydrogens is 180 g/mol. The predicted octanol–water partition coefficient (Wildman–Crippen LogP) is 2.05. The largest absolute Gasteiger partial charge is 0.463 e. The SMILES string of the molecule is CCC[C@@](C)(O)C/C=C/C(=O)OCC. The van der Waals surface area contributed by atoms with Crippen molar-refractivity contribution in [3.05, 3.63) is 12.2 Å². The second-order valence-corrected chi connectivity index (χ2v) is 3.61. The minimum atomic E-state index is -0.711. The Morgan fingerprint density at radius 3 is 2.64 bits per heavy atom. The smallest absolute Gasteiger partial charge is 0.330 e. The van der Waals surface area contributed by atoms with E-state index in [0.717, 1.165) is 12.8 Å². The monoisotopic (exact) mass is 200 g/mol. The number of esters is 1. The third-order valence-corrected chi connectivity index (χ3v) is 1.89. The van der Waals surface area contributed by atoms with E-state index in [-0.39, 0.29) is 5.97 Å².